The molecular weight excluding hydrogens is 317 g/mol. The molecule has 0 bridgehead atoms. The number of hydrogen-bond acceptors (Lipinski definition) is 4. The van der Waals surface area contributed by atoms with Crippen LogP contribution in [0, 0.1) is 17.1 Å². The lowest BCUT2D eigenvalue weighted by atomic mass is 10.0. The summed E-state index contributed by atoms with van der Waals surface area (Å²) in [6.45, 7) is 2.53. The molecule has 25 heavy (non-hydrogen) atoms. The van der Waals surface area contributed by atoms with Crippen molar-refractivity contribution in [2.45, 2.75) is 18.6 Å². The van der Waals surface area contributed by atoms with Gasteiger partial charge in [-0.2, -0.15) is 5.26 Å². The zero-order valence-electron chi connectivity index (χ0n) is 14.3. The molecule has 1 N–H and O–H groups in total. The Morgan fingerprint density at radius 1 is 1.24 bits per heavy atom. The molecule has 3 rings (SSSR count). The summed E-state index contributed by atoms with van der Waals surface area (Å²) >= 11 is 0. The molecule has 2 aromatic carbocycles. The van der Waals surface area contributed by atoms with Crippen LogP contribution >= 0.6 is 0 Å². The molecule has 0 aliphatic carbocycles. The minimum Gasteiger partial charge on any atom is -0.387 e. The second-order valence-electron chi connectivity index (χ2n) is 6.77. The average Bonchev–Trinajstić information content (AvgIpc) is 2.96. The molecule has 4 nitrogen and oxygen atoms in total. The standard InChI is InChI=1S/C20H22FN3O/c1-23(19-9-5-8-18(21)17(19)12-22)14-20(25)10-11-24(15-20)13-16-6-3-2-4-7-16/h2-9,25H,10-11,13-15H2,1H3. The number of anilines is 1. The molecule has 0 aromatic heterocycles. The van der Waals surface area contributed by atoms with Gasteiger partial charge in [-0.05, 0) is 24.1 Å². The summed E-state index contributed by atoms with van der Waals surface area (Å²) in [6.07, 6.45) is 0.654. The third kappa shape index (κ3) is 3.98. The van der Waals surface area contributed by atoms with E-state index in [1.165, 1.54) is 11.6 Å². The number of likely N-dealkylation sites (N-methyl/N-ethyl adjacent to an activating group) is 1. The number of β-amino-alcohol motifs (C(OH)–C–C–N with tert-alkyl or cyclic N) is 1. The van der Waals surface area contributed by atoms with Gasteiger partial charge < -0.3 is 10.0 Å². The second kappa shape index (κ2) is 7.22. The van der Waals surface area contributed by atoms with Crippen molar-refractivity contribution < 1.29 is 9.50 Å². The maximum atomic E-state index is 13.8. The summed E-state index contributed by atoms with van der Waals surface area (Å²) in [6, 6.07) is 16.7. The van der Waals surface area contributed by atoms with Crippen molar-refractivity contribution in [3.8, 4) is 6.07 Å². The molecule has 1 atom stereocenters. The van der Waals surface area contributed by atoms with Crippen LogP contribution in [0.15, 0.2) is 48.5 Å². The molecule has 0 radical (unpaired) electrons. The normalized spacial score (nSPS) is 20.4. The molecule has 0 amide bonds. The number of nitrogens with zero attached hydrogens (tertiary/aromatic N) is 3. The SMILES string of the molecule is CN(CC1(O)CCN(Cc2ccccc2)C1)c1cccc(F)c1C#N. The van der Waals surface area contributed by atoms with Gasteiger partial charge in [-0.1, -0.05) is 36.4 Å². The molecule has 5 heteroatoms. The number of benzene rings is 2. The van der Waals surface area contributed by atoms with Crippen molar-refractivity contribution in [1.82, 2.24) is 4.90 Å². The van der Waals surface area contributed by atoms with Gasteiger partial charge in [-0.3, -0.25) is 4.90 Å². The summed E-state index contributed by atoms with van der Waals surface area (Å²) in [5.41, 5.74) is 0.880. The van der Waals surface area contributed by atoms with Gasteiger partial charge in [0, 0.05) is 33.2 Å². The quantitative estimate of drug-likeness (QED) is 0.910. The van der Waals surface area contributed by atoms with Gasteiger partial charge in [0.15, 0.2) is 0 Å². The fourth-order valence-electron chi connectivity index (χ4n) is 3.51. The Kier molecular flexibility index (Phi) is 5.03. The molecule has 1 heterocycles. The van der Waals surface area contributed by atoms with Crippen LogP contribution in [0.5, 0.6) is 0 Å². The molecule has 1 fully saturated rings. The van der Waals surface area contributed by atoms with Gasteiger partial charge in [0.25, 0.3) is 0 Å². The predicted octanol–water partition coefficient (Wildman–Crippen LogP) is 2.77. The lowest BCUT2D eigenvalue weighted by Gasteiger charge is -2.31. The molecule has 0 spiro atoms. The number of aliphatic hydroxyl groups is 1. The maximum absolute atomic E-state index is 13.8. The van der Waals surface area contributed by atoms with Crippen LogP contribution in [-0.4, -0.2) is 42.3 Å². The number of halogens is 1. The van der Waals surface area contributed by atoms with Crippen LogP contribution in [0.1, 0.15) is 17.5 Å². The fraction of sp³-hybridized carbons (Fsp3) is 0.350. The van der Waals surface area contributed by atoms with Gasteiger partial charge in [-0.15, -0.1) is 0 Å². The summed E-state index contributed by atoms with van der Waals surface area (Å²) in [7, 11) is 1.79. The molecule has 2 aromatic rings. The van der Waals surface area contributed by atoms with Crippen LogP contribution in [0.3, 0.4) is 0 Å². The Balaban J connectivity index is 1.67. The van der Waals surface area contributed by atoms with E-state index < -0.39 is 11.4 Å². The van der Waals surface area contributed by atoms with E-state index in [2.05, 4.69) is 17.0 Å². The molecule has 1 aliphatic rings. The lowest BCUT2D eigenvalue weighted by Crippen LogP contribution is -2.44. The van der Waals surface area contributed by atoms with E-state index in [9.17, 15) is 14.8 Å². The lowest BCUT2D eigenvalue weighted by molar-refractivity contribution is 0.0562. The van der Waals surface area contributed by atoms with E-state index in [1.54, 1.807) is 24.1 Å². The molecule has 1 saturated heterocycles. The Morgan fingerprint density at radius 2 is 2.00 bits per heavy atom. The van der Waals surface area contributed by atoms with E-state index in [0.29, 0.717) is 25.2 Å². The first kappa shape index (κ1) is 17.4. The highest BCUT2D eigenvalue weighted by molar-refractivity contribution is 5.59. The number of hydrogen-bond donors (Lipinski definition) is 1. The van der Waals surface area contributed by atoms with E-state index >= 15 is 0 Å². The van der Waals surface area contributed by atoms with Crippen molar-refractivity contribution in [2.24, 2.45) is 0 Å². The summed E-state index contributed by atoms with van der Waals surface area (Å²) in [5.74, 6) is -0.532. The van der Waals surface area contributed by atoms with Crippen molar-refractivity contribution in [3.63, 3.8) is 0 Å². The van der Waals surface area contributed by atoms with Crippen molar-refractivity contribution in [3.05, 3.63) is 65.5 Å². The Bertz CT molecular complexity index is 774. The predicted molar refractivity (Wildman–Crippen MR) is 95.7 cm³/mol. The average molecular weight is 339 g/mol. The second-order valence-corrected chi connectivity index (χ2v) is 6.77. The van der Waals surface area contributed by atoms with E-state index in [-0.39, 0.29) is 5.56 Å². The van der Waals surface area contributed by atoms with Gasteiger partial charge >= 0.3 is 0 Å². The first-order valence-electron chi connectivity index (χ1n) is 8.39. The molecule has 130 valence electrons. The van der Waals surface area contributed by atoms with Crippen molar-refractivity contribution in [2.75, 3.05) is 31.6 Å². The number of rotatable bonds is 5. The van der Waals surface area contributed by atoms with Gasteiger partial charge in [0.1, 0.15) is 17.4 Å². The third-order valence-electron chi connectivity index (χ3n) is 4.71. The smallest absolute Gasteiger partial charge is 0.143 e. The Morgan fingerprint density at radius 3 is 2.72 bits per heavy atom. The van der Waals surface area contributed by atoms with Crippen LogP contribution in [0.25, 0.3) is 0 Å². The van der Waals surface area contributed by atoms with Crippen LogP contribution in [-0.2, 0) is 6.54 Å². The van der Waals surface area contributed by atoms with Gasteiger partial charge in [0.2, 0.25) is 0 Å². The van der Waals surface area contributed by atoms with Crippen molar-refractivity contribution >= 4 is 5.69 Å². The van der Waals surface area contributed by atoms with Gasteiger partial charge in [0.05, 0.1) is 11.3 Å². The number of likely N-dealkylation sites (tertiary alicyclic amines) is 1. The third-order valence-corrected chi connectivity index (χ3v) is 4.71. The highest BCUT2D eigenvalue weighted by Crippen LogP contribution is 2.28. The number of nitriles is 1. The minimum absolute atomic E-state index is 0.0211. The molecule has 1 unspecified atom stereocenters. The first-order valence-corrected chi connectivity index (χ1v) is 8.39. The van der Waals surface area contributed by atoms with E-state index in [1.807, 2.05) is 24.3 Å². The van der Waals surface area contributed by atoms with E-state index in [4.69, 9.17) is 0 Å². The summed E-state index contributed by atoms with van der Waals surface area (Å²) < 4.78 is 13.8. The summed E-state index contributed by atoms with van der Waals surface area (Å²) in [4.78, 5) is 3.99. The van der Waals surface area contributed by atoms with Crippen molar-refractivity contribution in [1.29, 1.82) is 5.26 Å². The molecule has 1 aliphatic heterocycles. The Labute approximate surface area is 147 Å². The van der Waals surface area contributed by atoms with Crippen LogP contribution in [0.2, 0.25) is 0 Å². The zero-order valence-corrected chi connectivity index (χ0v) is 14.3. The maximum Gasteiger partial charge on any atom is 0.143 e. The minimum atomic E-state index is -0.872. The fourth-order valence-corrected chi connectivity index (χ4v) is 3.51. The first-order chi connectivity index (χ1) is 12.0. The largest absolute Gasteiger partial charge is 0.387 e. The van der Waals surface area contributed by atoms with Gasteiger partial charge in [-0.25, -0.2) is 4.39 Å². The monoisotopic (exact) mass is 339 g/mol. The topological polar surface area (TPSA) is 50.5 Å². The highest BCUT2D eigenvalue weighted by atomic mass is 19.1. The van der Waals surface area contributed by atoms with Crippen LogP contribution < -0.4 is 4.90 Å². The Hall–Kier alpha value is -2.42. The summed E-state index contributed by atoms with van der Waals surface area (Å²) in [5, 5.41) is 20.1. The molecular formula is C20H22FN3O. The zero-order chi connectivity index (χ0) is 17.9. The van der Waals surface area contributed by atoms with E-state index in [0.717, 1.165) is 13.1 Å². The van der Waals surface area contributed by atoms with Crippen LogP contribution in [0.4, 0.5) is 10.1 Å². The highest BCUT2D eigenvalue weighted by Gasteiger charge is 2.37. The molecule has 0 saturated carbocycles.